The molecule has 0 spiro atoms. The maximum atomic E-state index is 11.0. The summed E-state index contributed by atoms with van der Waals surface area (Å²) in [5, 5.41) is 9.07. The molecule has 1 rings (SSSR count). The normalized spacial score (nSPS) is 21.0. The molecule has 15 heavy (non-hydrogen) atoms. The SMILES string of the molecule is CC(C)=CCN1CCC(C)(C(=O)O)CC1. The predicted molar refractivity (Wildman–Crippen MR) is 60.8 cm³/mol. The molecule has 0 bridgehead atoms. The minimum absolute atomic E-state index is 0.499. The molecule has 0 aliphatic carbocycles. The average molecular weight is 211 g/mol. The van der Waals surface area contributed by atoms with Crippen molar-refractivity contribution >= 4 is 5.97 Å². The highest BCUT2D eigenvalue weighted by atomic mass is 16.4. The van der Waals surface area contributed by atoms with Crippen LogP contribution in [0.25, 0.3) is 0 Å². The second-order valence-electron chi connectivity index (χ2n) is 4.95. The van der Waals surface area contributed by atoms with E-state index >= 15 is 0 Å². The van der Waals surface area contributed by atoms with Crippen molar-refractivity contribution < 1.29 is 9.90 Å². The van der Waals surface area contributed by atoms with E-state index in [1.165, 1.54) is 5.57 Å². The van der Waals surface area contributed by atoms with Gasteiger partial charge in [-0.15, -0.1) is 0 Å². The Balaban J connectivity index is 2.42. The van der Waals surface area contributed by atoms with Gasteiger partial charge in [0.05, 0.1) is 5.41 Å². The molecule has 0 aromatic rings. The number of carbonyl (C=O) groups is 1. The average Bonchev–Trinajstić information content (AvgIpc) is 2.16. The van der Waals surface area contributed by atoms with Crippen LogP contribution in [0.3, 0.4) is 0 Å². The summed E-state index contributed by atoms with van der Waals surface area (Å²) in [6, 6.07) is 0. The van der Waals surface area contributed by atoms with Crippen molar-refractivity contribution in [1.82, 2.24) is 4.90 Å². The van der Waals surface area contributed by atoms with Crippen molar-refractivity contribution in [2.45, 2.75) is 33.6 Å². The van der Waals surface area contributed by atoms with E-state index in [2.05, 4.69) is 24.8 Å². The highest BCUT2D eigenvalue weighted by Crippen LogP contribution is 2.30. The Hall–Kier alpha value is -0.830. The van der Waals surface area contributed by atoms with Gasteiger partial charge < -0.3 is 5.11 Å². The Kier molecular flexibility index (Phi) is 3.91. The van der Waals surface area contributed by atoms with E-state index in [-0.39, 0.29) is 0 Å². The molecule has 1 saturated heterocycles. The molecule has 0 radical (unpaired) electrons. The van der Waals surface area contributed by atoms with Crippen LogP contribution in [0.4, 0.5) is 0 Å². The van der Waals surface area contributed by atoms with Crippen LogP contribution in [-0.2, 0) is 4.79 Å². The molecule has 0 atom stereocenters. The number of likely N-dealkylation sites (tertiary alicyclic amines) is 1. The molecule has 0 saturated carbocycles. The van der Waals surface area contributed by atoms with Crippen LogP contribution in [0.2, 0.25) is 0 Å². The Labute approximate surface area is 91.8 Å². The summed E-state index contributed by atoms with van der Waals surface area (Å²) in [5.41, 5.74) is 0.822. The summed E-state index contributed by atoms with van der Waals surface area (Å²) in [6.45, 7) is 8.78. The lowest BCUT2D eigenvalue weighted by atomic mass is 9.80. The zero-order chi connectivity index (χ0) is 11.5. The molecule has 1 heterocycles. The van der Waals surface area contributed by atoms with Gasteiger partial charge in [-0.3, -0.25) is 9.69 Å². The lowest BCUT2D eigenvalue weighted by molar-refractivity contribution is -0.150. The number of piperidine rings is 1. The first-order valence-corrected chi connectivity index (χ1v) is 5.53. The first-order valence-electron chi connectivity index (χ1n) is 5.53. The van der Waals surface area contributed by atoms with Gasteiger partial charge in [0.1, 0.15) is 0 Å². The lowest BCUT2D eigenvalue weighted by Crippen LogP contribution is -2.42. The van der Waals surface area contributed by atoms with E-state index in [4.69, 9.17) is 5.11 Å². The van der Waals surface area contributed by atoms with E-state index in [0.717, 1.165) is 32.5 Å². The van der Waals surface area contributed by atoms with E-state index in [9.17, 15) is 4.79 Å². The van der Waals surface area contributed by atoms with Gasteiger partial charge in [0.15, 0.2) is 0 Å². The standard InChI is InChI=1S/C12H21NO2/c1-10(2)4-7-13-8-5-12(3,6-9-13)11(14)15/h4H,5-9H2,1-3H3,(H,14,15). The Bertz CT molecular complexity index is 259. The third kappa shape index (κ3) is 3.34. The molecule has 86 valence electrons. The summed E-state index contributed by atoms with van der Waals surface area (Å²) in [6.07, 6.45) is 3.72. The molecule has 0 unspecified atom stereocenters. The molecule has 0 aromatic carbocycles. The quantitative estimate of drug-likeness (QED) is 0.727. The molecule has 3 heteroatoms. The maximum absolute atomic E-state index is 11.0. The third-order valence-corrected chi connectivity index (χ3v) is 3.23. The maximum Gasteiger partial charge on any atom is 0.309 e. The Morgan fingerprint density at radius 2 is 1.93 bits per heavy atom. The van der Waals surface area contributed by atoms with Crippen molar-refractivity contribution in [2.24, 2.45) is 5.41 Å². The minimum atomic E-state index is -0.649. The van der Waals surface area contributed by atoms with Gasteiger partial charge in [0.25, 0.3) is 0 Å². The molecule has 0 aromatic heterocycles. The third-order valence-electron chi connectivity index (χ3n) is 3.23. The monoisotopic (exact) mass is 211 g/mol. The zero-order valence-electron chi connectivity index (χ0n) is 9.92. The van der Waals surface area contributed by atoms with Gasteiger partial charge in [-0.05, 0) is 46.7 Å². The first kappa shape index (κ1) is 12.2. The number of nitrogens with zero attached hydrogens (tertiary/aromatic N) is 1. The second-order valence-corrected chi connectivity index (χ2v) is 4.95. The molecule has 1 N–H and O–H groups in total. The van der Waals surface area contributed by atoms with Gasteiger partial charge >= 0.3 is 5.97 Å². The molecule has 1 fully saturated rings. The molecule has 1 aliphatic heterocycles. The van der Waals surface area contributed by atoms with Crippen LogP contribution >= 0.6 is 0 Å². The molecular formula is C12H21NO2. The number of hydrogen-bond acceptors (Lipinski definition) is 2. The molecule has 1 aliphatic rings. The smallest absolute Gasteiger partial charge is 0.309 e. The van der Waals surface area contributed by atoms with Crippen LogP contribution in [0.1, 0.15) is 33.6 Å². The Morgan fingerprint density at radius 1 is 1.40 bits per heavy atom. The second kappa shape index (κ2) is 4.79. The number of rotatable bonds is 3. The van der Waals surface area contributed by atoms with Crippen LogP contribution in [0, 0.1) is 5.41 Å². The van der Waals surface area contributed by atoms with E-state index in [0.29, 0.717) is 0 Å². The fourth-order valence-electron chi connectivity index (χ4n) is 1.75. The van der Waals surface area contributed by atoms with Gasteiger partial charge in [0.2, 0.25) is 0 Å². The van der Waals surface area contributed by atoms with Crippen LogP contribution in [-0.4, -0.2) is 35.6 Å². The van der Waals surface area contributed by atoms with Crippen molar-refractivity contribution in [3.8, 4) is 0 Å². The van der Waals surface area contributed by atoms with Crippen molar-refractivity contribution in [1.29, 1.82) is 0 Å². The minimum Gasteiger partial charge on any atom is -0.481 e. The van der Waals surface area contributed by atoms with Crippen molar-refractivity contribution in [2.75, 3.05) is 19.6 Å². The van der Waals surface area contributed by atoms with Crippen LogP contribution in [0.15, 0.2) is 11.6 Å². The van der Waals surface area contributed by atoms with Crippen molar-refractivity contribution in [3.63, 3.8) is 0 Å². The van der Waals surface area contributed by atoms with Gasteiger partial charge in [-0.1, -0.05) is 11.6 Å². The van der Waals surface area contributed by atoms with Crippen molar-refractivity contribution in [3.05, 3.63) is 11.6 Å². The molecular weight excluding hydrogens is 190 g/mol. The fraction of sp³-hybridized carbons (Fsp3) is 0.750. The number of hydrogen-bond donors (Lipinski definition) is 1. The number of carboxylic acids is 1. The van der Waals surface area contributed by atoms with Crippen LogP contribution < -0.4 is 0 Å². The Morgan fingerprint density at radius 3 is 2.33 bits per heavy atom. The number of carboxylic acid groups (broad SMARTS) is 1. The summed E-state index contributed by atoms with van der Waals surface area (Å²) in [5.74, 6) is -0.649. The number of allylic oxidation sites excluding steroid dienone is 1. The van der Waals surface area contributed by atoms with E-state index in [1.807, 2.05) is 6.92 Å². The van der Waals surface area contributed by atoms with Gasteiger partial charge in [-0.2, -0.15) is 0 Å². The summed E-state index contributed by atoms with van der Waals surface area (Å²) >= 11 is 0. The predicted octanol–water partition coefficient (Wildman–Crippen LogP) is 2.14. The topological polar surface area (TPSA) is 40.5 Å². The van der Waals surface area contributed by atoms with Gasteiger partial charge in [-0.25, -0.2) is 0 Å². The number of aliphatic carboxylic acids is 1. The summed E-state index contributed by atoms with van der Waals surface area (Å²) in [4.78, 5) is 13.3. The van der Waals surface area contributed by atoms with E-state index in [1.54, 1.807) is 0 Å². The molecule has 0 amide bonds. The largest absolute Gasteiger partial charge is 0.481 e. The fourth-order valence-corrected chi connectivity index (χ4v) is 1.75. The summed E-state index contributed by atoms with van der Waals surface area (Å²) < 4.78 is 0. The molecule has 3 nitrogen and oxygen atoms in total. The first-order chi connectivity index (χ1) is 6.94. The van der Waals surface area contributed by atoms with Crippen LogP contribution in [0.5, 0.6) is 0 Å². The summed E-state index contributed by atoms with van der Waals surface area (Å²) in [7, 11) is 0. The highest BCUT2D eigenvalue weighted by molar-refractivity contribution is 5.74. The van der Waals surface area contributed by atoms with E-state index < -0.39 is 11.4 Å². The van der Waals surface area contributed by atoms with Gasteiger partial charge in [0, 0.05) is 6.54 Å². The lowest BCUT2D eigenvalue weighted by Gasteiger charge is -2.35. The highest BCUT2D eigenvalue weighted by Gasteiger charge is 2.36. The zero-order valence-corrected chi connectivity index (χ0v) is 9.92.